The monoisotopic (exact) mass is 201 g/mol. The quantitative estimate of drug-likeness (QED) is 0.697. The third-order valence-electron chi connectivity index (χ3n) is 1.98. The Labute approximate surface area is 82.2 Å². The number of imidazole rings is 1. The first-order chi connectivity index (χ1) is 6.20. The van der Waals surface area contributed by atoms with Crippen LogP contribution < -0.4 is 5.73 Å². The normalized spacial score (nSPS) is 13.2. The van der Waals surface area contributed by atoms with Crippen LogP contribution in [-0.4, -0.2) is 27.5 Å². The zero-order valence-corrected chi connectivity index (χ0v) is 8.71. The molecule has 74 valence electrons. The maximum absolute atomic E-state index is 8.74. The van der Waals surface area contributed by atoms with Gasteiger partial charge in [0.25, 0.3) is 0 Å². The van der Waals surface area contributed by atoms with Crippen LogP contribution in [0, 0.1) is 0 Å². The lowest BCUT2D eigenvalue weighted by molar-refractivity contribution is 0.274. The van der Waals surface area contributed by atoms with E-state index in [0.717, 1.165) is 10.9 Å². The van der Waals surface area contributed by atoms with Crippen LogP contribution in [-0.2, 0) is 7.05 Å². The first-order valence-electron chi connectivity index (χ1n) is 4.12. The molecule has 0 saturated carbocycles. The fraction of sp³-hybridized carbons (Fsp3) is 0.625. The van der Waals surface area contributed by atoms with E-state index in [1.807, 2.05) is 17.9 Å². The summed E-state index contributed by atoms with van der Waals surface area (Å²) in [5.74, 6) is 0. The van der Waals surface area contributed by atoms with Crippen molar-refractivity contribution >= 4 is 11.8 Å². The van der Waals surface area contributed by atoms with Crippen molar-refractivity contribution < 1.29 is 5.11 Å². The molecule has 1 unspecified atom stereocenters. The molecule has 1 atom stereocenters. The Bertz CT molecular complexity index is 274. The van der Waals surface area contributed by atoms with Gasteiger partial charge in [-0.25, -0.2) is 4.98 Å². The topological polar surface area (TPSA) is 64.1 Å². The van der Waals surface area contributed by atoms with Crippen LogP contribution in [0.1, 0.15) is 18.2 Å². The van der Waals surface area contributed by atoms with Gasteiger partial charge in [-0.1, -0.05) is 11.8 Å². The van der Waals surface area contributed by atoms with Crippen molar-refractivity contribution in [3.63, 3.8) is 0 Å². The molecule has 1 aromatic rings. The van der Waals surface area contributed by atoms with Gasteiger partial charge in [-0.05, 0) is 12.7 Å². The summed E-state index contributed by atoms with van der Waals surface area (Å²) >= 11 is 1.59. The number of aliphatic hydroxyl groups is 1. The molecule has 0 aliphatic rings. The molecule has 4 nitrogen and oxygen atoms in total. The van der Waals surface area contributed by atoms with E-state index in [0.29, 0.717) is 6.42 Å². The first kappa shape index (κ1) is 10.6. The molecule has 0 bridgehead atoms. The number of nitrogens with zero attached hydrogens (tertiary/aromatic N) is 2. The summed E-state index contributed by atoms with van der Waals surface area (Å²) in [6, 6.07) is -0.122. The number of aliphatic hydroxyl groups excluding tert-OH is 1. The Morgan fingerprint density at radius 1 is 1.77 bits per heavy atom. The minimum absolute atomic E-state index is 0.112. The van der Waals surface area contributed by atoms with Crippen molar-refractivity contribution in [2.45, 2.75) is 17.6 Å². The Hall–Kier alpha value is -0.520. The minimum atomic E-state index is -0.122. The number of nitrogens with two attached hydrogens (primary N) is 1. The molecule has 1 aromatic heterocycles. The fourth-order valence-corrected chi connectivity index (χ4v) is 1.76. The Morgan fingerprint density at radius 2 is 2.46 bits per heavy atom. The second-order valence-electron chi connectivity index (χ2n) is 2.85. The summed E-state index contributed by atoms with van der Waals surface area (Å²) in [5.41, 5.74) is 6.82. The number of hydrogen-bond donors (Lipinski definition) is 2. The van der Waals surface area contributed by atoms with Crippen LogP contribution >= 0.6 is 11.8 Å². The molecule has 0 amide bonds. The van der Waals surface area contributed by atoms with Crippen LogP contribution in [0.2, 0.25) is 0 Å². The van der Waals surface area contributed by atoms with Crippen LogP contribution in [0.5, 0.6) is 0 Å². The molecule has 1 heterocycles. The minimum Gasteiger partial charge on any atom is -0.396 e. The summed E-state index contributed by atoms with van der Waals surface area (Å²) in [7, 11) is 1.94. The number of thioether (sulfide) groups is 1. The van der Waals surface area contributed by atoms with Gasteiger partial charge in [0.1, 0.15) is 0 Å². The van der Waals surface area contributed by atoms with E-state index in [2.05, 4.69) is 4.98 Å². The van der Waals surface area contributed by atoms with Crippen LogP contribution in [0.4, 0.5) is 0 Å². The fourth-order valence-electron chi connectivity index (χ4n) is 1.23. The standard InChI is InChI=1S/C8H15N3OS/c1-11-7(6(9)3-4-12)5-10-8(11)13-2/h5-6,12H,3-4,9H2,1-2H3. The predicted octanol–water partition coefficient (Wildman–Crippen LogP) is 0.524. The van der Waals surface area contributed by atoms with Gasteiger partial charge in [0.15, 0.2) is 5.16 Å². The van der Waals surface area contributed by atoms with Crippen molar-refractivity contribution in [1.29, 1.82) is 0 Å². The lowest BCUT2D eigenvalue weighted by atomic mass is 10.2. The molecule has 0 aromatic carbocycles. The Balaban J connectivity index is 2.82. The highest BCUT2D eigenvalue weighted by Crippen LogP contribution is 2.19. The lowest BCUT2D eigenvalue weighted by Crippen LogP contribution is -2.15. The smallest absolute Gasteiger partial charge is 0.167 e. The highest BCUT2D eigenvalue weighted by Gasteiger charge is 2.12. The summed E-state index contributed by atoms with van der Waals surface area (Å²) in [4.78, 5) is 4.20. The summed E-state index contributed by atoms with van der Waals surface area (Å²) in [5, 5.41) is 9.69. The number of rotatable bonds is 4. The summed E-state index contributed by atoms with van der Waals surface area (Å²) < 4.78 is 1.96. The first-order valence-corrected chi connectivity index (χ1v) is 5.35. The van der Waals surface area contributed by atoms with E-state index in [-0.39, 0.29) is 12.6 Å². The lowest BCUT2D eigenvalue weighted by Gasteiger charge is -2.10. The highest BCUT2D eigenvalue weighted by molar-refractivity contribution is 7.98. The summed E-state index contributed by atoms with van der Waals surface area (Å²) in [6.45, 7) is 0.112. The van der Waals surface area contributed by atoms with Gasteiger partial charge in [0.05, 0.1) is 11.9 Å². The van der Waals surface area contributed by atoms with Gasteiger partial charge >= 0.3 is 0 Å². The molecule has 1 rings (SSSR count). The maximum atomic E-state index is 8.74. The average Bonchev–Trinajstić information content (AvgIpc) is 2.47. The van der Waals surface area contributed by atoms with Gasteiger partial charge in [-0.3, -0.25) is 0 Å². The van der Waals surface area contributed by atoms with E-state index in [1.54, 1.807) is 18.0 Å². The maximum Gasteiger partial charge on any atom is 0.167 e. The zero-order valence-electron chi connectivity index (χ0n) is 7.90. The van der Waals surface area contributed by atoms with Crippen molar-refractivity contribution in [2.75, 3.05) is 12.9 Å². The molecule has 0 fully saturated rings. The zero-order chi connectivity index (χ0) is 9.84. The molecule has 0 spiro atoms. The molecular weight excluding hydrogens is 186 g/mol. The summed E-state index contributed by atoms with van der Waals surface area (Å²) in [6.07, 6.45) is 4.32. The second-order valence-corrected chi connectivity index (χ2v) is 3.62. The molecule has 0 aliphatic carbocycles. The van der Waals surface area contributed by atoms with E-state index in [4.69, 9.17) is 10.8 Å². The Morgan fingerprint density at radius 3 is 2.92 bits per heavy atom. The molecule has 13 heavy (non-hydrogen) atoms. The molecular formula is C8H15N3OS. The largest absolute Gasteiger partial charge is 0.396 e. The SMILES string of the molecule is CSc1ncc(C(N)CCO)n1C. The van der Waals surface area contributed by atoms with Crippen molar-refractivity contribution in [1.82, 2.24) is 9.55 Å². The third kappa shape index (κ3) is 2.24. The van der Waals surface area contributed by atoms with Crippen LogP contribution in [0.15, 0.2) is 11.4 Å². The second kappa shape index (κ2) is 4.64. The van der Waals surface area contributed by atoms with Gasteiger partial charge in [-0.15, -0.1) is 0 Å². The average molecular weight is 201 g/mol. The van der Waals surface area contributed by atoms with E-state index in [9.17, 15) is 0 Å². The van der Waals surface area contributed by atoms with Gasteiger partial charge in [0.2, 0.25) is 0 Å². The highest BCUT2D eigenvalue weighted by atomic mass is 32.2. The molecule has 0 saturated heterocycles. The van der Waals surface area contributed by atoms with Crippen LogP contribution in [0.3, 0.4) is 0 Å². The van der Waals surface area contributed by atoms with Gasteiger partial charge in [0, 0.05) is 19.7 Å². The van der Waals surface area contributed by atoms with Crippen molar-refractivity contribution in [3.05, 3.63) is 11.9 Å². The Kier molecular flexibility index (Phi) is 3.77. The predicted molar refractivity (Wildman–Crippen MR) is 53.6 cm³/mol. The number of aromatic nitrogens is 2. The molecule has 0 aliphatic heterocycles. The van der Waals surface area contributed by atoms with Gasteiger partial charge < -0.3 is 15.4 Å². The van der Waals surface area contributed by atoms with Gasteiger partial charge in [-0.2, -0.15) is 0 Å². The van der Waals surface area contributed by atoms with Crippen molar-refractivity contribution in [2.24, 2.45) is 12.8 Å². The van der Waals surface area contributed by atoms with E-state index < -0.39 is 0 Å². The van der Waals surface area contributed by atoms with Crippen LogP contribution in [0.25, 0.3) is 0 Å². The van der Waals surface area contributed by atoms with E-state index >= 15 is 0 Å². The third-order valence-corrected chi connectivity index (χ3v) is 2.73. The molecule has 5 heteroatoms. The number of hydrogen-bond acceptors (Lipinski definition) is 4. The van der Waals surface area contributed by atoms with E-state index in [1.165, 1.54) is 0 Å². The molecule has 0 radical (unpaired) electrons. The van der Waals surface area contributed by atoms with Crippen molar-refractivity contribution in [3.8, 4) is 0 Å². The molecule has 3 N–H and O–H groups in total.